The molecule has 18 heavy (non-hydrogen) atoms. The predicted octanol–water partition coefficient (Wildman–Crippen LogP) is 3.74. The number of ether oxygens (including phenoxy) is 1. The van der Waals surface area contributed by atoms with Crippen LogP contribution in [0.4, 0.5) is 0 Å². The minimum Gasteiger partial charge on any atom is -0.489 e. The van der Waals surface area contributed by atoms with E-state index < -0.39 is 0 Å². The molecule has 0 radical (unpaired) electrons. The normalized spacial score (nSPS) is 13.9. The second-order valence-corrected chi connectivity index (χ2v) is 4.72. The van der Waals surface area contributed by atoms with Crippen LogP contribution in [0.1, 0.15) is 38.7 Å². The van der Waals surface area contributed by atoms with Gasteiger partial charge >= 0.3 is 0 Å². The fourth-order valence-electron chi connectivity index (χ4n) is 1.86. The van der Waals surface area contributed by atoms with Gasteiger partial charge in [0.05, 0.1) is 0 Å². The Bertz CT molecular complexity index is 362. The average Bonchev–Trinajstić information content (AvgIpc) is 2.39. The molecule has 100 valence electrons. The van der Waals surface area contributed by atoms with Gasteiger partial charge in [0, 0.05) is 13.1 Å². The Morgan fingerprint density at radius 3 is 2.72 bits per heavy atom. The minimum absolute atomic E-state index is 0.162. The average molecular weight is 247 g/mol. The predicted molar refractivity (Wildman–Crippen MR) is 78.3 cm³/mol. The van der Waals surface area contributed by atoms with Crippen LogP contribution in [0.3, 0.4) is 0 Å². The van der Waals surface area contributed by atoms with Gasteiger partial charge < -0.3 is 10.1 Å². The zero-order valence-corrected chi connectivity index (χ0v) is 11.8. The van der Waals surface area contributed by atoms with E-state index in [0.29, 0.717) is 5.92 Å². The lowest BCUT2D eigenvalue weighted by Crippen LogP contribution is -2.29. The van der Waals surface area contributed by atoms with Crippen LogP contribution in [0.25, 0.3) is 0 Å². The molecule has 1 rings (SSSR count). The second kappa shape index (κ2) is 7.93. The molecule has 0 saturated carbocycles. The van der Waals surface area contributed by atoms with E-state index >= 15 is 0 Å². The molecule has 1 N–H and O–H groups in total. The van der Waals surface area contributed by atoms with Crippen molar-refractivity contribution in [1.82, 2.24) is 5.32 Å². The molecule has 0 amide bonds. The highest BCUT2D eigenvalue weighted by atomic mass is 16.5. The van der Waals surface area contributed by atoms with Gasteiger partial charge in [-0.3, -0.25) is 0 Å². The summed E-state index contributed by atoms with van der Waals surface area (Å²) in [6, 6.07) is 8.33. The van der Waals surface area contributed by atoms with Crippen LogP contribution in [-0.4, -0.2) is 19.2 Å². The Morgan fingerprint density at radius 2 is 2.06 bits per heavy atom. The van der Waals surface area contributed by atoms with Crippen molar-refractivity contribution in [3.63, 3.8) is 0 Å². The Morgan fingerprint density at radius 1 is 1.33 bits per heavy atom. The first-order valence-corrected chi connectivity index (χ1v) is 6.76. The molecule has 0 aromatic heterocycles. The molecule has 2 heteroatoms. The summed E-state index contributed by atoms with van der Waals surface area (Å²) in [5.74, 6) is 1.55. The summed E-state index contributed by atoms with van der Waals surface area (Å²) in [4.78, 5) is 0. The number of nitrogens with one attached hydrogen (secondary N) is 1. The third-order valence-corrected chi connectivity index (χ3v) is 3.11. The van der Waals surface area contributed by atoms with Crippen LogP contribution in [0.2, 0.25) is 0 Å². The van der Waals surface area contributed by atoms with Crippen molar-refractivity contribution in [2.45, 2.75) is 39.2 Å². The SMILES string of the molecule is C=CCNCC(C)Oc1ccccc1C(C)CC. The topological polar surface area (TPSA) is 21.3 Å². The van der Waals surface area contributed by atoms with E-state index in [-0.39, 0.29) is 6.10 Å². The number of hydrogen-bond donors (Lipinski definition) is 1. The highest BCUT2D eigenvalue weighted by Gasteiger charge is 2.11. The van der Waals surface area contributed by atoms with Gasteiger partial charge in [0.15, 0.2) is 0 Å². The van der Waals surface area contributed by atoms with E-state index in [1.807, 2.05) is 12.1 Å². The molecular formula is C16H25NO. The first kappa shape index (κ1) is 14.8. The molecule has 0 aliphatic rings. The van der Waals surface area contributed by atoms with Crippen molar-refractivity contribution in [3.8, 4) is 5.75 Å². The van der Waals surface area contributed by atoms with Crippen molar-refractivity contribution >= 4 is 0 Å². The van der Waals surface area contributed by atoms with Crippen LogP contribution < -0.4 is 10.1 Å². The van der Waals surface area contributed by atoms with Crippen molar-refractivity contribution in [2.75, 3.05) is 13.1 Å². The molecule has 1 aromatic rings. The first-order chi connectivity index (χ1) is 8.69. The summed E-state index contributed by atoms with van der Waals surface area (Å²) in [5, 5.41) is 3.27. The zero-order valence-electron chi connectivity index (χ0n) is 11.8. The maximum atomic E-state index is 6.02. The van der Waals surface area contributed by atoms with E-state index in [1.54, 1.807) is 0 Å². The summed E-state index contributed by atoms with van der Waals surface area (Å²) in [7, 11) is 0. The zero-order chi connectivity index (χ0) is 13.4. The van der Waals surface area contributed by atoms with Crippen LogP contribution in [-0.2, 0) is 0 Å². The van der Waals surface area contributed by atoms with Crippen LogP contribution in [0, 0.1) is 0 Å². The summed E-state index contributed by atoms with van der Waals surface area (Å²) < 4.78 is 6.02. The summed E-state index contributed by atoms with van der Waals surface area (Å²) in [5.41, 5.74) is 1.30. The maximum Gasteiger partial charge on any atom is 0.123 e. The standard InChI is InChI=1S/C16H25NO/c1-5-11-17-12-14(4)18-16-10-8-7-9-15(16)13(3)6-2/h5,7-10,13-14,17H,1,6,11-12H2,2-4H3. The monoisotopic (exact) mass is 247 g/mol. The lowest BCUT2D eigenvalue weighted by Gasteiger charge is -2.20. The van der Waals surface area contributed by atoms with Crippen LogP contribution in [0.15, 0.2) is 36.9 Å². The third-order valence-electron chi connectivity index (χ3n) is 3.11. The molecule has 0 aliphatic carbocycles. The Hall–Kier alpha value is -1.28. The van der Waals surface area contributed by atoms with Gasteiger partial charge in [0.1, 0.15) is 11.9 Å². The van der Waals surface area contributed by atoms with E-state index in [2.05, 4.69) is 50.9 Å². The largest absolute Gasteiger partial charge is 0.489 e. The Labute approximate surface area is 111 Å². The molecule has 0 saturated heterocycles. The quantitative estimate of drug-likeness (QED) is 0.558. The molecule has 0 aliphatic heterocycles. The van der Waals surface area contributed by atoms with Gasteiger partial charge in [-0.2, -0.15) is 0 Å². The van der Waals surface area contributed by atoms with Crippen molar-refractivity contribution < 1.29 is 4.74 Å². The molecule has 0 fully saturated rings. The van der Waals surface area contributed by atoms with Gasteiger partial charge in [0.25, 0.3) is 0 Å². The van der Waals surface area contributed by atoms with E-state index in [0.717, 1.165) is 25.3 Å². The van der Waals surface area contributed by atoms with Gasteiger partial charge in [-0.15, -0.1) is 6.58 Å². The number of para-hydroxylation sites is 1. The number of rotatable bonds is 8. The highest BCUT2D eigenvalue weighted by Crippen LogP contribution is 2.28. The first-order valence-electron chi connectivity index (χ1n) is 6.76. The fraction of sp³-hybridized carbons (Fsp3) is 0.500. The van der Waals surface area contributed by atoms with E-state index in [1.165, 1.54) is 5.56 Å². The van der Waals surface area contributed by atoms with Gasteiger partial charge in [-0.25, -0.2) is 0 Å². The summed E-state index contributed by atoms with van der Waals surface area (Å²) in [6.45, 7) is 11.9. The number of hydrogen-bond acceptors (Lipinski definition) is 2. The van der Waals surface area contributed by atoms with Gasteiger partial charge in [0.2, 0.25) is 0 Å². The minimum atomic E-state index is 0.162. The number of benzene rings is 1. The van der Waals surface area contributed by atoms with Crippen LogP contribution in [0.5, 0.6) is 5.75 Å². The lowest BCUT2D eigenvalue weighted by molar-refractivity contribution is 0.216. The summed E-state index contributed by atoms with van der Waals surface area (Å²) in [6.07, 6.45) is 3.15. The molecule has 2 atom stereocenters. The maximum absolute atomic E-state index is 6.02. The van der Waals surface area contributed by atoms with Gasteiger partial charge in [-0.05, 0) is 30.9 Å². The second-order valence-electron chi connectivity index (χ2n) is 4.72. The third kappa shape index (κ3) is 4.53. The molecule has 2 nitrogen and oxygen atoms in total. The van der Waals surface area contributed by atoms with Crippen LogP contribution >= 0.6 is 0 Å². The Balaban J connectivity index is 2.62. The molecule has 0 spiro atoms. The van der Waals surface area contributed by atoms with Crippen molar-refractivity contribution in [1.29, 1.82) is 0 Å². The lowest BCUT2D eigenvalue weighted by atomic mass is 9.98. The molecule has 1 aromatic carbocycles. The summed E-state index contributed by atoms with van der Waals surface area (Å²) >= 11 is 0. The van der Waals surface area contributed by atoms with E-state index in [9.17, 15) is 0 Å². The molecule has 0 bridgehead atoms. The fourth-order valence-corrected chi connectivity index (χ4v) is 1.86. The highest BCUT2D eigenvalue weighted by molar-refractivity contribution is 5.36. The van der Waals surface area contributed by atoms with E-state index in [4.69, 9.17) is 4.74 Å². The Kier molecular flexibility index (Phi) is 6.51. The molecular weight excluding hydrogens is 222 g/mol. The van der Waals surface area contributed by atoms with Gasteiger partial charge in [-0.1, -0.05) is 38.1 Å². The van der Waals surface area contributed by atoms with Crippen molar-refractivity contribution in [2.24, 2.45) is 0 Å². The van der Waals surface area contributed by atoms with Crippen molar-refractivity contribution in [3.05, 3.63) is 42.5 Å². The smallest absolute Gasteiger partial charge is 0.123 e. The molecule has 0 heterocycles. The molecule has 2 unspecified atom stereocenters.